The van der Waals surface area contributed by atoms with Gasteiger partial charge in [-0.25, -0.2) is 0 Å². The van der Waals surface area contributed by atoms with Gasteiger partial charge in [-0.15, -0.1) is 0 Å². The Kier molecular flexibility index (Phi) is 2.32. The van der Waals surface area contributed by atoms with E-state index in [1.807, 2.05) is 0 Å². The van der Waals surface area contributed by atoms with E-state index in [0.717, 1.165) is 13.1 Å². The molecule has 1 rings (SSSR count). The average Bonchev–Trinajstić information content (AvgIpc) is 1.87. The zero-order chi connectivity index (χ0) is 7.61. The third-order valence-electron chi connectivity index (χ3n) is 2.48. The lowest BCUT2D eigenvalue weighted by Gasteiger charge is -2.38. The summed E-state index contributed by atoms with van der Waals surface area (Å²) >= 11 is 0. The van der Waals surface area contributed by atoms with Crippen LogP contribution in [0.15, 0.2) is 0 Å². The maximum Gasteiger partial charge on any atom is 0.0139 e. The van der Waals surface area contributed by atoms with E-state index >= 15 is 0 Å². The van der Waals surface area contributed by atoms with E-state index in [4.69, 9.17) is 0 Å². The van der Waals surface area contributed by atoms with E-state index in [9.17, 15) is 0 Å². The molecule has 1 fully saturated rings. The molecule has 1 aliphatic rings. The lowest BCUT2D eigenvalue weighted by molar-refractivity contribution is 0.194. The van der Waals surface area contributed by atoms with Crippen molar-refractivity contribution in [1.29, 1.82) is 0 Å². The highest BCUT2D eigenvalue weighted by molar-refractivity contribution is 4.89. The first kappa shape index (κ1) is 8.02. The molecule has 1 saturated heterocycles. The summed E-state index contributed by atoms with van der Waals surface area (Å²) in [5.74, 6) is 0. The van der Waals surface area contributed by atoms with E-state index in [-0.39, 0.29) is 0 Å². The summed E-state index contributed by atoms with van der Waals surface area (Å²) in [5, 5.41) is 6.75. The highest BCUT2D eigenvalue weighted by Gasteiger charge is 2.30. The molecule has 1 atom stereocenters. The number of piperidine rings is 1. The minimum Gasteiger partial charge on any atom is -0.316 e. The molecule has 0 radical (unpaired) electrons. The Labute approximate surface area is 63.4 Å². The van der Waals surface area contributed by atoms with Crippen molar-refractivity contribution in [2.24, 2.45) is 5.41 Å². The van der Waals surface area contributed by atoms with Crippen LogP contribution in [0, 0.1) is 5.41 Å². The van der Waals surface area contributed by atoms with Crippen molar-refractivity contribution in [3.63, 3.8) is 0 Å². The highest BCUT2D eigenvalue weighted by Crippen LogP contribution is 2.24. The minimum absolute atomic E-state index is 0.424. The summed E-state index contributed by atoms with van der Waals surface area (Å²) in [5.41, 5.74) is 0.424. The molecular weight excluding hydrogens is 124 g/mol. The second-order valence-corrected chi connectivity index (χ2v) is 3.80. The Morgan fingerprint density at radius 2 is 2.20 bits per heavy atom. The van der Waals surface area contributed by atoms with Gasteiger partial charge in [0.1, 0.15) is 0 Å². The van der Waals surface area contributed by atoms with Crippen LogP contribution in [0.2, 0.25) is 0 Å². The smallest absolute Gasteiger partial charge is 0.0139 e. The van der Waals surface area contributed by atoms with Crippen molar-refractivity contribution in [1.82, 2.24) is 10.6 Å². The molecule has 0 amide bonds. The van der Waals surface area contributed by atoms with Crippen LogP contribution in [-0.4, -0.2) is 26.2 Å². The van der Waals surface area contributed by atoms with Crippen LogP contribution in [0.25, 0.3) is 0 Å². The molecule has 10 heavy (non-hydrogen) atoms. The molecule has 0 spiro atoms. The van der Waals surface area contributed by atoms with Crippen LogP contribution in [0.1, 0.15) is 20.3 Å². The summed E-state index contributed by atoms with van der Waals surface area (Å²) in [7, 11) is 2.05. The van der Waals surface area contributed by atoms with E-state index in [2.05, 4.69) is 31.5 Å². The molecule has 1 aliphatic heterocycles. The van der Waals surface area contributed by atoms with Crippen LogP contribution in [-0.2, 0) is 0 Å². The van der Waals surface area contributed by atoms with Crippen LogP contribution < -0.4 is 10.6 Å². The minimum atomic E-state index is 0.424. The third kappa shape index (κ3) is 1.50. The van der Waals surface area contributed by atoms with Crippen LogP contribution in [0.4, 0.5) is 0 Å². The Balaban J connectivity index is 2.51. The lowest BCUT2D eigenvalue weighted by atomic mass is 9.80. The molecule has 0 saturated carbocycles. The molecule has 2 N–H and O–H groups in total. The van der Waals surface area contributed by atoms with Crippen molar-refractivity contribution in [3.05, 3.63) is 0 Å². The second kappa shape index (κ2) is 2.89. The monoisotopic (exact) mass is 142 g/mol. The van der Waals surface area contributed by atoms with Gasteiger partial charge in [-0.1, -0.05) is 13.8 Å². The molecule has 2 heteroatoms. The first-order chi connectivity index (χ1) is 4.67. The molecular formula is C8H18N2. The number of hydrogen-bond acceptors (Lipinski definition) is 2. The zero-order valence-electron chi connectivity index (χ0n) is 7.20. The number of nitrogens with one attached hydrogen (secondary N) is 2. The van der Waals surface area contributed by atoms with Gasteiger partial charge in [-0.2, -0.15) is 0 Å². The molecule has 0 aromatic rings. The fourth-order valence-corrected chi connectivity index (χ4v) is 1.71. The van der Waals surface area contributed by atoms with Gasteiger partial charge < -0.3 is 10.6 Å². The van der Waals surface area contributed by atoms with Crippen molar-refractivity contribution in [3.8, 4) is 0 Å². The molecule has 60 valence electrons. The van der Waals surface area contributed by atoms with Crippen molar-refractivity contribution < 1.29 is 0 Å². The van der Waals surface area contributed by atoms with Crippen LogP contribution in [0.5, 0.6) is 0 Å². The fourth-order valence-electron chi connectivity index (χ4n) is 1.71. The van der Waals surface area contributed by atoms with Gasteiger partial charge >= 0.3 is 0 Å². The first-order valence-corrected chi connectivity index (χ1v) is 4.05. The molecule has 1 heterocycles. The number of hydrogen-bond donors (Lipinski definition) is 2. The van der Waals surface area contributed by atoms with E-state index in [1.54, 1.807) is 0 Å². The van der Waals surface area contributed by atoms with Gasteiger partial charge in [0.2, 0.25) is 0 Å². The number of rotatable bonds is 1. The summed E-state index contributed by atoms with van der Waals surface area (Å²) in [6.45, 7) is 6.91. The normalized spacial score (nSPS) is 32.1. The molecule has 0 bridgehead atoms. The highest BCUT2D eigenvalue weighted by atomic mass is 15.0. The summed E-state index contributed by atoms with van der Waals surface area (Å²) in [6.07, 6.45) is 1.25. The Morgan fingerprint density at radius 3 is 2.60 bits per heavy atom. The predicted octanol–water partition coefficient (Wildman–Crippen LogP) is 0.594. The summed E-state index contributed by atoms with van der Waals surface area (Å²) in [6, 6.07) is 0.689. The molecule has 0 aromatic carbocycles. The lowest BCUT2D eigenvalue weighted by Crippen LogP contribution is -2.51. The van der Waals surface area contributed by atoms with Crippen molar-refractivity contribution >= 4 is 0 Å². The van der Waals surface area contributed by atoms with E-state index < -0.39 is 0 Å². The molecule has 0 aliphatic carbocycles. The quantitative estimate of drug-likeness (QED) is 0.560. The Bertz CT molecular complexity index is 110. The first-order valence-electron chi connectivity index (χ1n) is 4.05. The van der Waals surface area contributed by atoms with Gasteiger partial charge in [-0.3, -0.25) is 0 Å². The largest absolute Gasteiger partial charge is 0.316 e. The second-order valence-electron chi connectivity index (χ2n) is 3.80. The maximum absolute atomic E-state index is 3.40. The third-order valence-corrected chi connectivity index (χ3v) is 2.48. The van der Waals surface area contributed by atoms with Crippen LogP contribution in [0.3, 0.4) is 0 Å². The van der Waals surface area contributed by atoms with Gasteiger partial charge in [0.05, 0.1) is 0 Å². The van der Waals surface area contributed by atoms with Crippen LogP contribution >= 0.6 is 0 Å². The topological polar surface area (TPSA) is 24.1 Å². The standard InChI is InChI=1S/C8H18N2/c1-8(2)6-10-5-4-7(8)9-3/h7,9-10H,4-6H2,1-3H3/t7-/m0/s1. The Hall–Kier alpha value is -0.0800. The van der Waals surface area contributed by atoms with Crippen molar-refractivity contribution in [2.45, 2.75) is 26.3 Å². The summed E-state index contributed by atoms with van der Waals surface area (Å²) in [4.78, 5) is 0. The Morgan fingerprint density at radius 1 is 1.50 bits per heavy atom. The molecule has 0 unspecified atom stereocenters. The summed E-state index contributed by atoms with van der Waals surface area (Å²) < 4.78 is 0. The maximum atomic E-state index is 3.40. The van der Waals surface area contributed by atoms with E-state index in [1.165, 1.54) is 6.42 Å². The molecule has 2 nitrogen and oxygen atoms in total. The van der Waals surface area contributed by atoms with Gasteiger partial charge in [0.25, 0.3) is 0 Å². The predicted molar refractivity (Wildman–Crippen MR) is 44.1 cm³/mol. The van der Waals surface area contributed by atoms with Gasteiger partial charge in [-0.05, 0) is 25.4 Å². The SMILES string of the molecule is CN[C@H]1CCNCC1(C)C. The van der Waals surface area contributed by atoms with E-state index in [0.29, 0.717) is 11.5 Å². The van der Waals surface area contributed by atoms with Gasteiger partial charge in [0.15, 0.2) is 0 Å². The zero-order valence-corrected chi connectivity index (χ0v) is 7.20. The average molecular weight is 142 g/mol. The van der Waals surface area contributed by atoms with Gasteiger partial charge in [0, 0.05) is 12.6 Å². The fraction of sp³-hybridized carbons (Fsp3) is 1.00. The van der Waals surface area contributed by atoms with Crippen molar-refractivity contribution in [2.75, 3.05) is 20.1 Å². The molecule has 0 aromatic heterocycles.